The molecule has 5 heteroatoms. The first-order valence-corrected chi connectivity index (χ1v) is 8.57. The summed E-state index contributed by atoms with van der Waals surface area (Å²) in [6.45, 7) is 0. The van der Waals surface area contributed by atoms with Crippen molar-refractivity contribution >= 4 is 5.69 Å². The molecular formula is C23H18F3NO. The van der Waals surface area contributed by atoms with E-state index in [4.69, 9.17) is 4.74 Å². The van der Waals surface area contributed by atoms with E-state index in [9.17, 15) is 13.2 Å². The van der Waals surface area contributed by atoms with E-state index in [1.807, 2.05) is 0 Å². The Morgan fingerprint density at radius 2 is 1.36 bits per heavy atom. The standard InChI is InChI=1S/C23H18F3NO/c1-28-21-14-12-20(13-15-21)27-22(23(24,25)26,19-10-6-3-7-11-19)17-16-18-8-4-2-5-9-18/h2-15,27H,1H3. The second-order valence-corrected chi connectivity index (χ2v) is 6.08. The summed E-state index contributed by atoms with van der Waals surface area (Å²) in [5, 5.41) is 2.62. The fourth-order valence-electron chi connectivity index (χ4n) is 2.75. The second kappa shape index (κ2) is 8.10. The van der Waals surface area contributed by atoms with Gasteiger partial charge in [-0.25, -0.2) is 0 Å². The Morgan fingerprint density at radius 1 is 0.786 bits per heavy atom. The first kappa shape index (κ1) is 19.4. The van der Waals surface area contributed by atoms with E-state index in [1.54, 1.807) is 60.7 Å². The highest BCUT2D eigenvalue weighted by Gasteiger charge is 2.55. The van der Waals surface area contributed by atoms with Crippen LogP contribution < -0.4 is 10.1 Å². The molecule has 0 heterocycles. The van der Waals surface area contributed by atoms with Crippen molar-refractivity contribution in [2.45, 2.75) is 11.7 Å². The zero-order valence-electron chi connectivity index (χ0n) is 15.1. The Labute approximate surface area is 162 Å². The predicted octanol–water partition coefficient (Wildman–Crippen LogP) is 5.62. The minimum absolute atomic E-state index is 0.0155. The molecule has 0 aromatic heterocycles. The number of ether oxygens (including phenoxy) is 1. The van der Waals surface area contributed by atoms with Crippen LogP contribution in [0.1, 0.15) is 11.1 Å². The molecule has 28 heavy (non-hydrogen) atoms. The lowest BCUT2D eigenvalue weighted by Crippen LogP contribution is -2.48. The molecule has 1 N–H and O–H groups in total. The molecule has 0 aliphatic heterocycles. The molecule has 3 rings (SSSR count). The van der Waals surface area contributed by atoms with Gasteiger partial charge in [0.05, 0.1) is 7.11 Å². The molecule has 1 atom stereocenters. The highest BCUT2D eigenvalue weighted by molar-refractivity contribution is 5.56. The summed E-state index contributed by atoms with van der Waals surface area (Å²) in [6, 6.07) is 22.5. The monoisotopic (exact) mass is 381 g/mol. The summed E-state index contributed by atoms with van der Waals surface area (Å²) in [4.78, 5) is 0. The Hall–Kier alpha value is -3.39. The van der Waals surface area contributed by atoms with Crippen molar-refractivity contribution in [1.29, 1.82) is 0 Å². The minimum Gasteiger partial charge on any atom is -0.497 e. The molecule has 3 aromatic rings. The van der Waals surface area contributed by atoms with E-state index >= 15 is 0 Å². The molecule has 0 aliphatic rings. The van der Waals surface area contributed by atoms with E-state index in [2.05, 4.69) is 17.2 Å². The van der Waals surface area contributed by atoms with Crippen LogP contribution in [0.3, 0.4) is 0 Å². The zero-order chi connectivity index (χ0) is 20.0. The van der Waals surface area contributed by atoms with Crippen LogP contribution in [0.4, 0.5) is 18.9 Å². The lowest BCUT2D eigenvalue weighted by Gasteiger charge is -2.33. The van der Waals surface area contributed by atoms with Gasteiger partial charge in [-0.3, -0.25) is 0 Å². The first-order chi connectivity index (χ1) is 13.4. The quantitative estimate of drug-likeness (QED) is 0.593. The van der Waals surface area contributed by atoms with Gasteiger partial charge in [0.2, 0.25) is 5.54 Å². The largest absolute Gasteiger partial charge is 0.497 e. The van der Waals surface area contributed by atoms with Crippen LogP contribution in [0.15, 0.2) is 84.9 Å². The molecule has 142 valence electrons. The number of anilines is 1. The molecule has 0 fully saturated rings. The lowest BCUT2D eigenvalue weighted by atomic mass is 9.88. The van der Waals surface area contributed by atoms with Crippen molar-refractivity contribution in [3.05, 3.63) is 96.1 Å². The third-order valence-corrected chi connectivity index (χ3v) is 4.22. The van der Waals surface area contributed by atoms with E-state index in [1.165, 1.54) is 31.4 Å². The van der Waals surface area contributed by atoms with E-state index in [-0.39, 0.29) is 11.3 Å². The molecule has 2 nitrogen and oxygen atoms in total. The van der Waals surface area contributed by atoms with Crippen molar-refractivity contribution in [3.8, 4) is 17.6 Å². The Morgan fingerprint density at radius 3 is 1.89 bits per heavy atom. The van der Waals surface area contributed by atoms with Crippen LogP contribution in [0, 0.1) is 11.8 Å². The number of rotatable bonds is 4. The van der Waals surface area contributed by atoms with Gasteiger partial charge in [0, 0.05) is 11.3 Å². The minimum atomic E-state index is -4.67. The smallest absolute Gasteiger partial charge is 0.427 e. The van der Waals surface area contributed by atoms with Gasteiger partial charge in [0.1, 0.15) is 5.75 Å². The Kier molecular flexibility index (Phi) is 5.60. The van der Waals surface area contributed by atoms with Gasteiger partial charge in [-0.1, -0.05) is 60.4 Å². The van der Waals surface area contributed by atoms with Crippen LogP contribution >= 0.6 is 0 Å². The van der Waals surface area contributed by atoms with Crippen LogP contribution in [-0.4, -0.2) is 13.3 Å². The first-order valence-electron chi connectivity index (χ1n) is 8.57. The summed E-state index contributed by atoms with van der Waals surface area (Å²) in [5.41, 5.74) is -1.77. The third kappa shape index (κ3) is 4.12. The normalized spacial score (nSPS) is 13.0. The number of methoxy groups -OCH3 is 1. The van der Waals surface area contributed by atoms with Crippen molar-refractivity contribution in [1.82, 2.24) is 0 Å². The van der Waals surface area contributed by atoms with Gasteiger partial charge >= 0.3 is 6.18 Å². The average molecular weight is 381 g/mol. The summed E-state index contributed by atoms with van der Waals surface area (Å²) in [7, 11) is 1.50. The lowest BCUT2D eigenvalue weighted by molar-refractivity contribution is -0.165. The summed E-state index contributed by atoms with van der Waals surface area (Å²) in [6.07, 6.45) is -4.67. The van der Waals surface area contributed by atoms with Gasteiger partial charge in [-0.15, -0.1) is 0 Å². The summed E-state index contributed by atoms with van der Waals surface area (Å²) < 4.78 is 48.3. The molecule has 3 aromatic carbocycles. The molecular weight excluding hydrogens is 363 g/mol. The highest BCUT2D eigenvalue weighted by atomic mass is 19.4. The molecule has 0 radical (unpaired) electrons. The van der Waals surface area contributed by atoms with Crippen LogP contribution in [0.5, 0.6) is 5.75 Å². The van der Waals surface area contributed by atoms with Crippen molar-refractivity contribution in [2.75, 3.05) is 12.4 Å². The van der Waals surface area contributed by atoms with Crippen molar-refractivity contribution in [3.63, 3.8) is 0 Å². The molecule has 0 aliphatic carbocycles. The number of alkyl halides is 3. The topological polar surface area (TPSA) is 21.3 Å². The van der Waals surface area contributed by atoms with Gasteiger partial charge < -0.3 is 10.1 Å². The van der Waals surface area contributed by atoms with Gasteiger partial charge in [-0.2, -0.15) is 13.2 Å². The fraction of sp³-hybridized carbons (Fsp3) is 0.130. The van der Waals surface area contributed by atoms with Gasteiger partial charge in [0.25, 0.3) is 0 Å². The van der Waals surface area contributed by atoms with Crippen LogP contribution in [-0.2, 0) is 5.54 Å². The van der Waals surface area contributed by atoms with E-state index in [0.717, 1.165) is 0 Å². The molecule has 0 saturated heterocycles. The molecule has 0 spiro atoms. The maximum atomic E-state index is 14.4. The highest BCUT2D eigenvalue weighted by Crippen LogP contribution is 2.41. The van der Waals surface area contributed by atoms with Gasteiger partial charge in [0.15, 0.2) is 0 Å². The number of hydrogen-bond acceptors (Lipinski definition) is 2. The van der Waals surface area contributed by atoms with E-state index in [0.29, 0.717) is 11.3 Å². The number of halogens is 3. The maximum Gasteiger partial charge on any atom is 0.427 e. The number of hydrogen-bond donors (Lipinski definition) is 1. The summed E-state index contributed by atoms with van der Waals surface area (Å²) >= 11 is 0. The molecule has 1 unspecified atom stereocenters. The average Bonchev–Trinajstić information content (AvgIpc) is 2.72. The third-order valence-electron chi connectivity index (χ3n) is 4.22. The van der Waals surface area contributed by atoms with E-state index < -0.39 is 11.7 Å². The van der Waals surface area contributed by atoms with Crippen LogP contribution in [0.25, 0.3) is 0 Å². The Bertz CT molecular complexity index is 958. The van der Waals surface area contributed by atoms with Crippen molar-refractivity contribution in [2.24, 2.45) is 0 Å². The molecule has 0 saturated carbocycles. The SMILES string of the molecule is COc1ccc(NC(C#Cc2ccccc2)(c2ccccc2)C(F)(F)F)cc1. The Balaban J connectivity index is 2.14. The number of benzene rings is 3. The second-order valence-electron chi connectivity index (χ2n) is 6.08. The van der Waals surface area contributed by atoms with Crippen LogP contribution in [0.2, 0.25) is 0 Å². The maximum absolute atomic E-state index is 14.4. The predicted molar refractivity (Wildman–Crippen MR) is 104 cm³/mol. The zero-order valence-corrected chi connectivity index (χ0v) is 15.1. The summed E-state index contributed by atoms with van der Waals surface area (Å²) in [5.74, 6) is 5.70. The number of nitrogens with one attached hydrogen (secondary N) is 1. The molecule has 0 bridgehead atoms. The fourth-order valence-corrected chi connectivity index (χ4v) is 2.75. The van der Waals surface area contributed by atoms with Crippen molar-refractivity contribution < 1.29 is 17.9 Å². The van der Waals surface area contributed by atoms with Gasteiger partial charge in [-0.05, 0) is 42.0 Å². The molecule has 0 amide bonds.